The van der Waals surface area contributed by atoms with Crippen LogP contribution in [0.2, 0.25) is 0 Å². The van der Waals surface area contributed by atoms with E-state index in [1.165, 1.54) is 57.8 Å². The molecule has 0 saturated heterocycles. The molecule has 0 radical (unpaired) electrons. The quantitative estimate of drug-likeness (QED) is 0.450. The summed E-state index contributed by atoms with van der Waals surface area (Å²) in [7, 11) is 0. The summed E-state index contributed by atoms with van der Waals surface area (Å²) in [6, 6.07) is 9.12. The van der Waals surface area contributed by atoms with Crippen LogP contribution in [0.4, 0.5) is 0 Å². The van der Waals surface area contributed by atoms with Gasteiger partial charge in [0.2, 0.25) is 0 Å². The Morgan fingerprint density at radius 2 is 1.74 bits per heavy atom. The van der Waals surface area contributed by atoms with Crippen molar-refractivity contribution in [3.05, 3.63) is 29.8 Å². The summed E-state index contributed by atoms with van der Waals surface area (Å²) in [5.41, 5.74) is 1.97. The van der Waals surface area contributed by atoms with Gasteiger partial charge in [0.1, 0.15) is 5.75 Å². The van der Waals surface area contributed by atoms with E-state index in [2.05, 4.69) is 45.0 Å². The van der Waals surface area contributed by atoms with Gasteiger partial charge in [0.05, 0.1) is 6.61 Å². The van der Waals surface area contributed by atoms with Crippen molar-refractivity contribution >= 4 is 0 Å². The summed E-state index contributed by atoms with van der Waals surface area (Å²) in [5, 5.41) is 0. The maximum Gasteiger partial charge on any atom is 0.119 e. The minimum absolute atomic E-state index is 0.412. The van der Waals surface area contributed by atoms with Crippen LogP contribution in [-0.2, 0) is 5.41 Å². The topological polar surface area (TPSA) is 9.23 Å². The molecule has 2 atom stereocenters. The lowest BCUT2D eigenvalue weighted by molar-refractivity contribution is 0.181. The first-order valence-corrected chi connectivity index (χ1v) is 9.96. The molecule has 1 nitrogen and oxygen atoms in total. The van der Waals surface area contributed by atoms with E-state index in [1.54, 1.807) is 5.56 Å². The third-order valence-electron chi connectivity index (χ3n) is 5.88. The van der Waals surface area contributed by atoms with Gasteiger partial charge in [-0.1, -0.05) is 71.4 Å². The fourth-order valence-electron chi connectivity index (χ4n) is 4.27. The van der Waals surface area contributed by atoms with Gasteiger partial charge in [-0.2, -0.15) is 0 Å². The van der Waals surface area contributed by atoms with Gasteiger partial charge in [0.25, 0.3) is 0 Å². The van der Waals surface area contributed by atoms with Crippen molar-refractivity contribution in [2.24, 2.45) is 5.92 Å². The van der Waals surface area contributed by atoms with Crippen LogP contribution in [0.3, 0.4) is 0 Å². The van der Waals surface area contributed by atoms with Crippen LogP contribution < -0.4 is 4.74 Å². The Morgan fingerprint density at radius 3 is 2.39 bits per heavy atom. The second kappa shape index (κ2) is 9.35. The summed E-state index contributed by atoms with van der Waals surface area (Å²) in [6.07, 6.45) is 13.3. The van der Waals surface area contributed by atoms with Gasteiger partial charge in [-0.3, -0.25) is 0 Å². The molecule has 23 heavy (non-hydrogen) atoms. The average Bonchev–Trinajstić information content (AvgIpc) is 2.58. The second-order valence-electron chi connectivity index (χ2n) is 7.49. The molecular formula is C22H36O. The van der Waals surface area contributed by atoms with Crippen molar-refractivity contribution in [1.82, 2.24) is 0 Å². The van der Waals surface area contributed by atoms with Crippen LogP contribution >= 0.6 is 0 Å². The molecule has 2 rings (SSSR count). The van der Waals surface area contributed by atoms with Gasteiger partial charge >= 0.3 is 0 Å². The van der Waals surface area contributed by atoms with Crippen LogP contribution in [0.15, 0.2) is 24.3 Å². The molecule has 130 valence electrons. The SMILES string of the molecule is CCCCC[C@@]1(c2ccc(OCCCC)cc2)CCCC[C@@H]1C. The van der Waals surface area contributed by atoms with Crippen LogP contribution in [0.25, 0.3) is 0 Å². The molecule has 0 amide bonds. The Kier molecular flexibility index (Phi) is 7.46. The number of unbranched alkanes of at least 4 members (excludes halogenated alkanes) is 3. The van der Waals surface area contributed by atoms with Crippen molar-refractivity contribution < 1.29 is 4.74 Å². The Balaban J connectivity index is 2.11. The highest BCUT2D eigenvalue weighted by Crippen LogP contribution is 2.47. The molecule has 0 aliphatic heterocycles. The van der Waals surface area contributed by atoms with Crippen molar-refractivity contribution in [2.75, 3.05) is 6.61 Å². The lowest BCUT2D eigenvalue weighted by atomic mass is 9.61. The molecular weight excluding hydrogens is 280 g/mol. The first-order chi connectivity index (χ1) is 11.2. The number of hydrogen-bond acceptors (Lipinski definition) is 1. The summed E-state index contributed by atoms with van der Waals surface area (Å²) >= 11 is 0. The van der Waals surface area contributed by atoms with Crippen molar-refractivity contribution in [2.45, 2.75) is 90.4 Å². The van der Waals surface area contributed by atoms with Crippen LogP contribution in [-0.4, -0.2) is 6.61 Å². The first kappa shape index (κ1) is 18.4. The Bertz CT molecular complexity index is 436. The molecule has 0 unspecified atom stereocenters. The highest BCUT2D eigenvalue weighted by Gasteiger charge is 2.38. The zero-order valence-electron chi connectivity index (χ0n) is 15.6. The third-order valence-corrected chi connectivity index (χ3v) is 5.88. The molecule has 1 saturated carbocycles. The highest BCUT2D eigenvalue weighted by atomic mass is 16.5. The van der Waals surface area contributed by atoms with E-state index >= 15 is 0 Å². The molecule has 0 heterocycles. The minimum Gasteiger partial charge on any atom is -0.494 e. The molecule has 0 aromatic heterocycles. The summed E-state index contributed by atoms with van der Waals surface area (Å²) in [4.78, 5) is 0. The van der Waals surface area contributed by atoms with Crippen molar-refractivity contribution in [1.29, 1.82) is 0 Å². The summed E-state index contributed by atoms with van der Waals surface area (Å²) in [6.45, 7) is 7.83. The monoisotopic (exact) mass is 316 g/mol. The van der Waals surface area contributed by atoms with E-state index in [-0.39, 0.29) is 0 Å². The zero-order valence-corrected chi connectivity index (χ0v) is 15.6. The number of benzene rings is 1. The van der Waals surface area contributed by atoms with Crippen molar-refractivity contribution in [3.63, 3.8) is 0 Å². The zero-order chi connectivity index (χ0) is 16.5. The lowest BCUT2D eigenvalue weighted by Crippen LogP contribution is -2.36. The smallest absolute Gasteiger partial charge is 0.119 e. The maximum absolute atomic E-state index is 5.85. The third kappa shape index (κ3) is 4.75. The number of hydrogen-bond donors (Lipinski definition) is 0. The Labute approximate surface area is 143 Å². The maximum atomic E-state index is 5.85. The van der Waals surface area contributed by atoms with Crippen LogP contribution in [0.5, 0.6) is 5.75 Å². The first-order valence-electron chi connectivity index (χ1n) is 9.96. The fraction of sp³-hybridized carbons (Fsp3) is 0.727. The van der Waals surface area contributed by atoms with Gasteiger partial charge in [-0.15, -0.1) is 0 Å². The van der Waals surface area contributed by atoms with Gasteiger partial charge in [-0.25, -0.2) is 0 Å². The van der Waals surface area contributed by atoms with E-state index in [9.17, 15) is 0 Å². The molecule has 1 fully saturated rings. The average molecular weight is 317 g/mol. The summed E-state index contributed by atoms with van der Waals surface area (Å²) in [5.74, 6) is 1.84. The minimum atomic E-state index is 0.412. The van der Waals surface area contributed by atoms with E-state index in [0.29, 0.717) is 5.41 Å². The predicted molar refractivity (Wildman–Crippen MR) is 100 cm³/mol. The van der Waals surface area contributed by atoms with Crippen LogP contribution in [0.1, 0.15) is 90.5 Å². The Hall–Kier alpha value is -0.980. The van der Waals surface area contributed by atoms with Gasteiger partial charge in [0, 0.05) is 0 Å². The van der Waals surface area contributed by atoms with E-state index < -0.39 is 0 Å². The van der Waals surface area contributed by atoms with Gasteiger partial charge in [-0.05, 0) is 54.7 Å². The van der Waals surface area contributed by atoms with E-state index in [1.807, 2.05) is 0 Å². The highest BCUT2D eigenvalue weighted by molar-refractivity contribution is 5.33. The summed E-state index contributed by atoms with van der Waals surface area (Å²) < 4.78 is 5.85. The largest absolute Gasteiger partial charge is 0.494 e. The standard InChI is InChI=1S/C22H36O/c1-4-6-9-16-22(17-10-8-11-19(22)3)20-12-14-21(15-13-20)23-18-7-5-2/h12-15,19H,4-11,16-18H2,1-3H3/t19-,22+/m0/s1. The Morgan fingerprint density at radius 1 is 1.00 bits per heavy atom. The molecule has 1 aliphatic rings. The molecule has 0 N–H and O–H groups in total. The molecule has 0 spiro atoms. The van der Waals surface area contributed by atoms with E-state index in [4.69, 9.17) is 4.74 Å². The number of rotatable bonds is 9. The lowest BCUT2D eigenvalue weighted by Gasteiger charge is -2.44. The fourth-order valence-corrected chi connectivity index (χ4v) is 4.27. The molecule has 1 aromatic rings. The second-order valence-corrected chi connectivity index (χ2v) is 7.49. The van der Waals surface area contributed by atoms with Gasteiger partial charge in [0.15, 0.2) is 0 Å². The molecule has 1 heteroatoms. The van der Waals surface area contributed by atoms with Gasteiger partial charge < -0.3 is 4.74 Å². The molecule has 1 aliphatic carbocycles. The molecule has 0 bridgehead atoms. The molecule has 1 aromatic carbocycles. The van der Waals surface area contributed by atoms with E-state index in [0.717, 1.165) is 24.7 Å². The normalized spacial score (nSPS) is 24.6. The number of ether oxygens (including phenoxy) is 1. The van der Waals surface area contributed by atoms with Crippen molar-refractivity contribution in [3.8, 4) is 5.75 Å². The predicted octanol–water partition coefficient (Wildman–Crippen LogP) is 6.89. The van der Waals surface area contributed by atoms with Crippen LogP contribution in [0, 0.1) is 5.92 Å².